The molecule has 0 unspecified atom stereocenters. The van der Waals surface area contributed by atoms with Gasteiger partial charge in [0.05, 0.1) is 0 Å². The molecule has 1 aromatic heterocycles. The van der Waals surface area contributed by atoms with E-state index in [1.165, 1.54) is 16.7 Å². The predicted octanol–water partition coefficient (Wildman–Crippen LogP) is 4.28. The standard InChI is InChI=1S/C17H25N3/c1-6-10-20-16(18)15(19-17(20)11(2)3)14-12(4)8-7-9-13(14)5/h7-9,11H,6,10,18H2,1-5H3. The molecule has 0 atom stereocenters. The fraction of sp³-hybridized carbons (Fsp3) is 0.471. The second-order valence-corrected chi connectivity index (χ2v) is 5.78. The zero-order valence-corrected chi connectivity index (χ0v) is 13.2. The quantitative estimate of drug-likeness (QED) is 0.901. The Kier molecular flexibility index (Phi) is 4.17. The summed E-state index contributed by atoms with van der Waals surface area (Å²) in [5.41, 5.74) is 11.0. The molecule has 3 nitrogen and oxygen atoms in total. The average Bonchev–Trinajstić information content (AvgIpc) is 2.69. The van der Waals surface area contributed by atoms with E-state index in [1.807, 2.05) is 0 Å². The van der Waals surface area contributed by atoms with E-state index in [4.69, 9.17) is 10.7 Å². The first-order valence-electron chi connectivity index (χ1n) is 7.39. The highest BCUT2D eigenvalue weighted by Gasteiger charge is 2.19. The lowest BCUT2D eigenvalue weighted by Gasteiger charge is -2.11. The number of nitrogens with zero attached hydrogens (tertiary/aromatic N) is 2. The first kappa shape index (κ1) is 14.6. The van der Waals surface area contributed by atoms with E-state index in [9.17, 15) is 0 Å². The van der Waals surface area contributed by atoms with Crippen LogP contribution < -0.4 is 5.73 Å². The molecule has 108 valence electrons. The van der Waals surface area contributed by atoms with Crippen molar-refractivity contribution in [3.63, 3.8) is 0 Å². The number of benzene rings is 1. The number of imidazole rings is 1. The van der Waals surface area contributed by atoms with E-state index >= 15 is 0 Å². The molecule has 0 spiro atoms. The Labute approximate surface area is 121 Å². The van der Waals surface area contributed by atoms with Crippen LogP contribution in [0.4, 0.5) is 5.82 Å². The van der Waals surface area contributed by atoms with Crippen LogP contribution in [-0.2, 0) is 6.54 Å². The van der Waals surface area contributed by atoms with Crippen molar-refractivity contribution in [2.45, 2.75) is 53.5 Å². The number of nitrogens with two attached hydrogens (primary N) is 1. The summed E-state index contributed by atoms with van der Waals surface area (Å²) < 4.78 is 2.17. The topological polar surface area (TPSA) is 43.8 Å². The summed E-state index contributed by atoms with van der Waals surface area (Å²) in [6, 6.07) is 6.32. The van der Waals surface area contributed by atoms with Gasteiger partial charge in [-0.15, -0.1) is 0 Å². The number of rotatable bonds is 4. The van der Waals surface area contributed by atoms with Crippen LogP contribution in [0.3, 0.4) is 0 Å². The highest BCUT2D eigenvalue weighted by Crippen LogP contribution is 2.33. The van der Waals surface area contributed by atoms with Crippen LogP contribution in [0.25, 0.3) is 11.3 Å². The van der Waals surface area contributed by atoms with Gasteiger partial charge >= 0.3 is 0 Å². The summed E-state index contributed by atoms with van der Waals surface area (Å²) in [6.45, 7) is 11.7. The van der Waals surface area contributed by atoms with Gasteiger partial charge in [0.2, 0.25) is 0 Å². The van der Waals surface area contributed by atoms with Crippen molar-refractivity contribution in [2.75, 3.05) is 5.73 Å². The molecule has 0 amide bonds. The summed E-state index contributed by atoms with van der Waals surface area (Å²) >= 11 is 0. The molecule has 3 heteroatoms. The Morgan fingerprint density at radius 2 is 1.80 bits per heavy atom. The lowest BCUT2D eigenvalue weighted by molar-refractivity contribution is 0.616. The molecular formula is C17H25N3. The summed E-state index contributed by atoms with van der Waals surface area (Å²) in [5.74, 6) is 2.26. The van der Waals surface area contributed by atoms with Crippen LogP contribution in [0.1, 0.15) is 50.1 Å². The fourth-order valence-electron chi connectivity index (χ4n) is 2.75. The molecule has 0 saturated heterocycles. The van der Waals surface area contributed by atoms with Crippen LogP contribution >= 0.6 is 0 Å². The first-order chi connectivity index (χ1) is 9.47. The minimum absolute atomic E-state index is 0.377. The predicted molar refractivity (Wildman–Crippen MR) is 85.9 cm³/mol. The maximum absolute atomic E-state index is 6.40. The van der Waals surface area contributed by atoms with Crippen LogP contribution in [0.15, 0.2) is 18.2 Å². The second kappa shape index (κ2) is 5.70. The number of hydrogen-bond acceptors (Lipinski definition) is 2. The van der Waals surface area contributed by atoms with Gasteiger partial charge in [-0.3, -0.25) is 0 Å². The molecule has 0 radical (unpaired) electrons. The van der Waals surface area contributed by atoms with Crippen LogP contribution in [0.2, 0.25) is 0 Å². The second-order valence-electron chi connectivity index (χ2n) is 5.78. The summed E-state index contributed by atoms with van der Waals surface area (Å²) in [6.07, 6.45) is 1.06. The number of nitrogen functional groups attached to an aromatic ring is 1. The number of aryl methyl sites for hydroxylation is 2. The maximum atomic E-state index is 6.40. The summed E-state index contributed by atoms with van der Waals surface area (Å²) in [4.78, 5) is 4.86. The van der Waals surface area contributed by atoms with E-state index in [-0.39, 0.29) is 0 Å². The minimum atomic E-state index is 0.377. The van der Waals surface area contributed by atoms with Crippen LogP contribution in [0, 0.1) is 13.8 Å². The monoisotopic (exact) mass is 271 g/mol. The zero-order chi connectivity index (χ0) is 14.9. The van der Waals surface area contributed by atoms with E-state index in [1.54, 1.807) is 0 Å². The Hall–Kier alpha value is -1.77. The van der Waals surface area contributed by atoms with Crippen LogP contribution in [-0.4, -0.2) is 9.55 Å². The van der Waals surface area contributed by atoms with Crippen molar-refractivity contribution in [3.05, 3.63) is 35.2 Å². The van der Waals surface area contributed by atoms with Crippen molar-refractivity contribution in [3.8, 4) is 11.3 Å². The highest BCUT2D eigenvalue weighted by molar-refractivity contribution is 5.76. The van der Waals surface area contributed by atoms with Crippen molar-refractivity contribution in [1.82, 2.24) is 9.55 Å². The third kappa shape index (κ3) is 2.45. The largest absolute Gasteiger partial charge is 0.383 e. The van der Waals surface area contributed by atoms with Gasteiger partial charge in [-0.25, -0.2) is 4.98 Å². The van der Waals surface area contributed by atoms with Gasteiger partial charge in [0.1, 0.15) is 17.3 Å². The van der Waals surface area contributed by atoms with Gasteiger partial charge in [-0.05, 0) is 31.4 Å². The lowest BCUT2D eigenvalue weighted by Crippen LogP contribution is -2.08. The van der Waals surface area contributed by atoms with E-state index < -0.39 is 0 Å². The van der Waals surface area contributed by atoms with E-state index in [0.717, 1.165) is 30.3 Å². The molecule has 0 aliphatic heterocycles. The molecule has 0 aliphatic rings. The molecule has 0 fully saturated rings. The van der Waals surface area contributed by atoms with Gasteiger partial charge < -0.3 is 10.3 Å². The number of aromatic nitrogens is 2. The number of anilines is 1. The molecule has 0 aliphatic carbocycles. The molecule has 20 heavy (non-hydrogen) atoms. The Morgan fingerprint density at radius 1 is 1.20 bits per heavy atom. The van der Waals surface area contributed by atoms with Gasteiger partial charge in [0.15, 0.2) is 0 Å². The molecule has 1 heterocycles. The third-order valence-electron chi connectivity index (χ3n) is 3.72. The molecule has 2 aromatic rings. The van der Waals surface area contributed by atoms with Crippen molar-refractivity contribution < 1.29 is 0 Å². The Balaban J connectivity index is 2.66. The van der Waals surface area contributed by atoms with Gasteiger partial charge in [0.25, 0.3) is 0 Å². The summed E-state index contributed by atoms with van der Waals surface area (Å²) in [7, 11) is 0. The fourth-order valence-corrected chi connectivity index (χ4v) is 2.75. The third-order valence-corrected chi connectivity index (χ3v) is 3.72. The molecule has 0 bridgehead atoms. The van der Waals surface area contributed by atoms with Gasteiger partial charge in [-0.1, -0.05) is 39.0 Å². The van der Waals surface area contributed by atoms with Crippen molar-refractivity contribution in [1.29, 1.82) is 0 Å². The molecule has 1 aromatic carbocycles. The lowest BCUT2D eigenvalue weighted by atomic mass is 10.00. The van der Waals surface area contributed by atoms with Gasteiger partial charge in [-0.2, -0.15) is 0 Å². The Bertz CT molecular complexity index is 589. The summed E-state index contributed by atoms with van der Waals surface area (Å²) in [5, 5.41) is 0. The first-order valence-corrected chi connectivity index (χ1v) is 7.39. The Morgan fingerprint density at radius 3 is 2.30 bits per heavy atom. The van der Waals surface area contributed by atoms with Crippen LogP contribution in [0.5, 0.6) is 0 Å². The van der Waals surface area contributed by atoms with Gasteiger partial charge in [0, 0.05) is 18.0 Å². The maximum Gasteiger partial charge on any atom is 0.131 e. The van der Waals surface area contributed by atoms with Crippen molar-refractivity contribution >= 4 is 5.82 Å². The SMILES string of the molecule is CCCn1c(C(C)C)nc(-c2c(C)cccc2C)c1N. The molecule has 2 N–H and O–H groups in total. The molecule has 2 rings (SSSR count). The average molecular weight is 271 g/mol. The number of hydrogen-bond donors (Lipinski definition) is 1. The normalized spacial score (nSPS) is 11.3. The van der Waals surface area contributed by atoms with E-state index in [2.05, 4.69) is 57.4 Å². The van der Waals surface area contributed by atoms with Crippen molar-refractivity contribution in [2.24, 2.45) is 0 Å². The smallest absolute Gasteiger partial charge is 0.131 e. The zero-order valence-electron chi connectivity index (χ0n) is 13.2. The minimum Gasteiger partial charge on any atom is -0.383 e. The van der Waals surface area contributed by atoms with E-state index in [0.29, 0.717) is 5.92 Å². The highest BCUT2D eigenvalue weighted by atomic mass is 15.1. The molecule has 0 saturated carbocycles. The molecular weight excluding hydrogens is 246 g/mol.